The average molecular weight is 365 g/mol. The minimum absolute atomic E-state index is 0.0201. The molecule has 2 N–H and O–H groups in total. The highest BCUT2D eigenvalue weighted by Gasteiger charge is 2.25. The Hall–Kier alpha value is -1.44. The molecule has 2 unspecified atom stereocenters. The van der Waals surface area contributed by atoms with E-state index in [0.29, 0.717) is 30.4 Å². The maximum Gasteiger partial charge on any atom is 0.240 e. The van der Waals surface area contributed by atoms with Crippen LogP contribution in [0.25, 0.3) is 0 Å². The van der Waals surface area contributed by atoms with Crippen LogP contribution in [0.2, 0.25) is 0 Å². The Balaban J connectivity index is 1.76. The Morgan fingerprint density at radius 3 is 2.64 bits per heavy atom. The number of fused-ring (bicyclic) bond motifs is 1. The standard InChI is InChI=1S/C18H27N3O3S/c1-13-11-17(5-8-19-13)20-25(23,24)18-4-3-15-6-9-21(14(2)22)10-7-16(15)12-18/h3-4,12-13,17,19-20H,5-11H2,1-2H3. The summed E-state index contributed by atoms with van der Waals surface area (Å²) >= 11 is 0. The van der Waals surface area contributed by atoms with Crippen molar-refractivity contribution in [3.8, 4) is 0 Å². The predicted molar refractivity (Wildman–Crippen MR) is 96.9 cm³/mol. The van der Waals surface area contributed by atoms with Crippen LogP contribution in [0, 0.1) is 0 Å². The number of sulfonamides is 1. The van der Waals surface area contributed by atoms with E-state index in [0.717, 1.165) is 36.9 Å². The van der Waals surface area contributed by atoms with Crippen LogP contribution >= 0.6 is 0 Å². The maximum absolute atomic E-state index is 12.8. The number of hydrogen-bond acceptors (Lipinski definition) is 4. The van der Waals surface area contributed by atoms with Gasteiger partial charge in [0.25, 0.3) is 0 Å². The van der Waals surface area contributed by atoms with Gasteiger partial charge in [0.05, 0.1) is 4.90 Å². The molecule has 1 amide bonds. The third-order valence-electron chi connectivity index (χ3n) is 5.18. The normalized spacial score (nSPS) is 24.5. The van der Waals surface area contributed by atoms with E-state index in [2.05, 4.69) is 17.0 Å². The molecule has 2 aliphatic heterocycles. The van der Waals surface area contributed by atoms with Crippen molar-refractivity contribution in [1.82, 2.24) is 14.9 Å². The molecule has 7 heteroatoms. The molecule has 2 aliphatic rings. The van der Waals surface area contributed by atoms with Crippen molar-refractivity contribution in [3.05, 3.63) is 29.3 Å². The minimum Gasteiger partial charge on any atom is -0.342 e. The molecule has 25 heavy (non-hydrogen) atoms. The van der Waals surface area contributed by atoms with Crippen LogP contribution in [0.4, 0.5) is 0 Å². The third-order valence-corrected chi connectivity index (χ3v) is 6.70. The first-order valence-corrected chi connectivity index (χ1v) is 10.5. The van der Waals surface area contributed by atoms with Gasteiger partial charge in [-0.2, -0.15) is 0 Å². The van der Waals surface area contributed by atoms with Crippen molar-refractivity contribution in [3.63, 3.8) is 0 Å². The molecular weight excluding hydrogens is 338 g/mol. The second-order valence-corrected chi connectivity index (χ2v) is 8.85. The molecule has 1 saturated heterocycles. The van der Waals surface area contributed by atoms with Gasteiger partial charge in [0.15, 0.2) is 0 Å². The molecule has 3 rings (SSSR count). The van der Waals surface area contributed by atoms with Crippen LogP contribution in [-0.4, -0.2) is 50.9 Å². The Bertz CT molecular complexity index is 748. The number of amides is 1. The number of benzene rings is 1. The van der Waals surface area contributed by atoms with E-state index in [4.69, 9.17) is 0 Å². The van der Waals surface area contributed by atoms with E-state index in [1.807, 2.05) is 11.0 Å². The van der Waals surface area contributed by atoms with Crippen LogP contribution in [-0.2, 0) is 27.7 Å². The number of nitrogens with zero attached hydrogens (tertiary/aromatic N) is 1. The highest BCUT2D eigenvalue weighted by molar-refractivity contribution is 7.89. The SMILES string of the molecule is CC(=O)N1CCc2ccc(S(=O)(=O)NC3CCNC(C)C3)cc2CC1. The molecule has 1 fully saturated rings. The number of rotatable bonds is 3. The van der Waals surface area contributed by atoms with Gasteiger partial charge in [0, 0.05) is 32.1 Å². The van der Waals surface area contributed by atoms with E-state index in [9.17, 15) is 13.2 Å². The smallest absolute Gasteiger partial charge is 0.240 e. The first kappa shape index (κ1) is 18.4. The Morgan fingerprint density at radius 1 is 1.24 bits per heavy atom. The number of piperidine rings is 1. The molecule has 0 spiro atoms. The summed E-state index contributed by atoms with van der Waals surface area (Å²) in [4.78, 5) is 13.7. The number of carbonyl (C=O) groups excluding carboxylic acids is 1. The molecule has 138 valence electrons. The Kier molecular flexibility index (Phi) is 5.46. The summed E-state index contributed by atoms with van der Waals surface area (Å²) in [6.07, 6.45) is 3.08. The zero-order valence-corrected chi connectivity index (χ0v) is 15.7. The van der Waals surface area contributed by atoms with Gasteiger partial charge in [-0.1, -0.05) is 6.07 Å². The molecule has 2 atom stereocenters. The van der Waals surface area contributed by atoms with Crippen LogP contribution in [0.5, 0.6) is 0 Å². The molecule has 1 aromatic carbocycles. The van der Waals surface area contributed by atoms with E-state index in [1.165, 1.54) is 0 Å². The van der Waals surface area contributed by atoms with Gasteiger partial charge in [-0.3, -0.25) is 4.79 Å². The lowest BCUT2D eigenvalue weighted by atomic mass is 10.0. The van der Waals surface area contributed by atoms with Gasteiger partial charge in [0.2, 0.25) is 15.9 Å². The monoisotopic (exact) mass is 365 g/mol. The van der Waals surface area contributed by atoms with Crippen molar-refractivity contribution in [1.29, 1.82) is 0 Å². The molecule has 0 bridgehead atoms. The van der Waals surface area contributed by atoms with Crippen LogP contribution in [0.3, 0.4) is 0 Å². The lowest BCUT2D eigenvalue weighted by molar-refractivity contribution is -0.128. The number of hydrogen-bond donors (Lipinski definition) is 2. The molecule has 6 nitrogen and oxygen atoms in total. The van der Waals surface area contributed by atoms with Crippen molar-refractivity contribution in [2.45, 2.75) is 56.5 Å². The van der Waals surface area contributed by atoms with E-state index in [1.54, 1.807) is 19.1 Å². The largest absolute Gasteiger partial charge is 0.342 e. The summed E-state index contributed by atoms with van der Waals surface area (Å²) in [6.45, 7) is 5.82. The van der Waals surface area contributed by atoms with Crippen molar-refractivity contribution in [2.75, 3.05) is 19.6 Å². The molecule has 0 aromatic heterocycles. The topological polar surface area (TPSA) is 78.5 Å². The quantitative estimate of drug-likeness (QED) is 0.839. The Morgan fingerprint density at radius 2 is 1.96 bits per heavy atom. The van der Waals surface area contributed by atoms with Crippen LogP contribution in [0.1, 0.15) is 37.8 Å². The first-order chi connectivity index (χ1) is 11.8. The molecular formula is C18H27N3O3S. The second kappa shape index (κ2) is 7.43. The van der Waals surface area contributed by atoms with E-state index < -0.39 is 10.0 Å². The molecule has 2 heterocycles. The lowest BCUT2D eigenvalue weighted by Crippen LogP contribution is -2.46. The average Bonchev–Trinajstić information content (AvgIpc) is 2.76. The summed E-state index contributed by atoms with van der Waals surface area (Å²) in [6, 6.07) is 5.68. The predicted octanol–water partition coefficient (Wildman–Crippen LogP) is 1.05. The van der Waals surface area contributed by atoms with Gasteiger partial charge in [-0.05, 0) is 62.4 Å². The summed E-state index contributed by atoms with van der Waals surface area (Å²) in [7, 11) is -3.52. The molecule has 0 saturated carbocycles. The number of carbonyl (C=O) groups is 1. The fourth-order valence-corrected chi connectivity index (χ4v) is 5.04. The maximum atomic E-state index is 12.8. The van der Waals surface area contributed by atoms with E-state index in [-0.39, 0.29) is 11.9 Å². The zero-order valence-electron chi connectivity index (χ0n) is 14.9. The summed E-state index contributed by atoms with van der Waals surface area (Å²) in [5.41, 5.74) is 2.17. The highest BCUT2D eigenvalue weighted by Crippen LogP contribution is 2.21. The van der Waals surface area contributed by atoms with Gasteiger partial charge in [-0.25, -0.2) is 13.1 Å². The highest BCUT2D eigenvalue weighted by atomic mass is 32.2. The van der Waals surface area contributed by atoms with Crippen molar-refractivity contribution >= 4 is 15.9 Å². The molecule has 1 aromatic rings. The fraction of sp³-hybridized carbons (Fsp3) is 0.611. The molecule has 0 radical (unpaired) electrons. The lowest BCUT2D eigenvalue weighted by Gasteiger charge is -2.28. The Labute approximate surface area is 150 Å². The van der Waals surface area contributed by atoms with Gasteiger partial charge < -0.3 is 10.2 Å². The number of nitrogens with one attached hydrogen (secondary N) is 2. The van der Waals surface area contributed by atoms with Gasteiger partial charge in [-0.15, -0.1) is 0 Å². The molecule has 0 aliphatic carbocycles. The van der Waals surface area contributed by atoms with Crippen molar-refractivity contribution < 1.29 is 13.2 Å². The minimum atomic E-state index is -3.52. The van der Waals surface area contributed by atoms with Crippen LogP contribution in [0.15, 0.2) is 23.1 Å². The first-order valence-electron chi connectivity index (χ1n) is 8.98. The summed E-state index contributed by atoms with van der Waals surface area (Å²) in [5.74, 6) is 0.0716. The van der Waals surface area contributed by atoms with E-state index >= 15 is 0 Å². The summed E-state index contributed by atoms with van der Waals surface area (Å²) in [5, 5.41) is 3.33. The summed E-state index contributed by atoms with van der Waals surface area (Å²) < 4.78 is 28.4. The third kappa shape index (κ3) is 4.40. The zero-order chi connectivity index (χ0) is 18.0. The second-order valence-electron chi connectivity index (χ2n) is 7.13. The van der Waals surface area contributed by atoms with Crippen LogP contribution < -0.4 is 10.0 Å². The fourth-order valence-electron chi connectivity index (χ4n) is 3.71. The van der Waals surface area contributed by atoms with Crippen molar-refractivity contribution in [2.24, 2.45) is 0 Å². The van der Waals surface area contributed by atoms with Gasteiger partial charge >= 0.3 is 0 Å². The van der Waals surface area contributed by atoms with Gasteiger partial charge in [0.1, 0.15) is 0 Å².